The molecule has 1 aromatic heterocycles. The molecular formula is C24H33ClN4. The minimum absolute atomic E-state index is 0.370. The molecule has 1 fully saturated rings. The van der Waals surface area contributed by atoms with Gasteiger partial charge in [0.15, 0.2) is 0 Å². The maximum absolute atomic E-state index is 6.48. The third-order valence-electron chi connectivity index (χ3n) is 5.56. The number of allylic oxidation sites excluding steroid dienone is 3. The van der Waals surface area contributed by atoms with Crippen molar-refractivity contribution >= 4 is 17.2 Å². The fourth-order valence-corrected chi connectivity index (χ4v) is 4.26. The topological polar surface area (TPSA) is 33.1 Å². The average Bonchev–Trinajstić information content (AvgIpc) is 3.26. The largest absolute Gasteiger partial charge is 0.337 e. The summed E-state index contributed by atoms with van der Waals surface area (Å²) < 4.78 is 2.14. The highest BCUT2D eigenvalue weighted by Gasteiger charge is 2.24. The molecule has 2 aromatic rings. The van der Waals surface area contributed by atoms with E-state index in [0.717, 1.165) is 57.0 Å². The zero-order valence-electron chi connectivity index (χ0n) is 17.6. The number of piperazine rings is 1. The SMILES string of the molecule is C/C=C\CC(c1ccc(Cl)cc1/C(=C\CC)CCn1ccnc1)N1CCNCC1. The predicted molar refractivity (Wildman–Crippen MR) is 123 cm³/mol. The van der Waals surface area contributed by atoms with Gasteiger partial charge < -0.3 is 9.88 Å². The first-order valence-corrected chi connectivity index (χ1v) is 11.1. The van der Waals surface area contributed by atoms with Gasteiger partial charge in [-0.3, -0.25) is 4.90 Å². The molecule has 0 spiro atoms. The average molecular weight is 413 g/mol. The monoisotopic (exact) mass is 412 g/mol. The first kappa shape index (κ1) is 21.8. The summed E-state index contributed by atoms with van der Waals surface area (Å²) in [4.78, 5) is 6.79. The number of halogens is 1. The lowest BCUT2D eigenvalue weighted by molar-refractivity contribution is 0.174. The molecule has 2 heterocycles. The van der Waals surface area contributed by atoms with Gasteiger partial charge in [0, 0.05) is 56.2 Å². The Balaban J connectivity index is 1.95. The van der Waals surface area contributed by atoms with E-state index in [1.807, 2.05) is 24.8 Å². The second kappa shape index (κ2) is 11.3. The maximum Gasteiger partial charge on any atom is 0.0946 e. The number of hydrogen-bond acceptors (Lipinski definition) is 3. The van der Waals surface area contributed by atoms with Crippen LogP contribution in [-0.2, 0) is 6.54 Å². The van der Waals surface area contributed by atoms with Crippen molar-refractivity contribution < 1.29 is 0 Å². The first-order valence-electron chi connectivity index (χ1n) is 10.7. The van der Waals surface area contributed by atoms with Crippen molar-refractivity contribution in [2.24, 2.45) is 0 Å². The van der Waals surface area contributed by atoms with E-state index >= 15 is 0 Å². The normalized spacial score (nSPS) is 17.1. The van der Waals surface area contributed by atoms with Crippen LogP contribution in [0.4, 0.5) is 0 Å². The summed E-state index contributed by atoms with van der Waals surface area (Å²) in [6, 6.07) is 6.82. The maximum atomic E-state index is 6.48. The molecule has 1 N–H and O–H groups in total. The van der Waals surface area contributed by atoms with Crippen molar-refractivity contribution in [2.75, 3.05) is 26.2 Å². The fourth-order valence-electron chi connectivity index (χ4n) is 4.09. The van der Waals surface area contributed by atoms with Gasteiger partial charge in [-0.2, -0.15) is 0 Å². The second-order valence-electron chi connectivity index (χ2n) is 7.53. The van der Waals surface area contributed by atoms with Crippen LogP contribution < -0.4 is 5.32 Å². The molecule has 0 saturated carbocycles. The number of aryl methyl sites for hydroxylation is 1. The van der Waals surface area contributed by atoms with Gasteiger partial charge in [0.1, 0.15) is 0 Å². The van der Waals surface area contributed by atoms with E-state index < -0.39 is 0 Å². The molecule has 1 aliphatic heterocycles. The van der Waals surface area contributed by atoms with E-state index in [1.54, 1.807) is 0 Å². The van der Waals surface area contributed by atoms with Crippen molar-refractivity contribution in [1.82, 2.24) is 19.8 Å². The van der Waals surface area contributed by atoms with E-state index in [1.165, 1.54) is 16.7 Å². The molecule has 5 heteroatoms. The van der Waals surface area contributed by atoms with Crippen LogP contribution >= 0.6 is 11.6 Å². The van der Waals surface area contributed by atoms with Gasteiger partial charge in [-0.05, 0) is 55.0 Å². The first-order chi connectivity index (χ1) is 14.2. The van der Waals surface area contributed by atoms with Crippen molar-refractivity contribution in [1.29, 1.82) is 0 Å². The second-order valence-corrected chi connectivity index (χ2v) is 7.96. The lowest BCUT2D eigenvalue weighted by atomic mass is 9.90. The molecule has 1 aliphatic rings. The summed E-state index contributed by atoms with van der Waals surface area (Å²) in [6.07, 6.45) is 15.6. The van der Waals surface area contributed by atoms with Gasteiger partial charge in [0.25, 0.3) is 0 Å². The molecule has 1 unspecified atom stereocenters. The van der Waals surface area contributed by atoms with Crippen molar-refractivity contribution in [3.8, 4) is 0 Å². The summed E-state index contributed by atoms with van der Waals surface area (Å²) in [6.45, 7) is 9.48. The number of aromatic nitrogens is 2. The standard InChI is InChI=1S/C24H33ClN4/c1-3-5-7-24(29-16-12-26-13-17-29)22-9-8-21(25)18-23(22)20(6-4-2)10-14-28-15-11-27-19-28/h3,5-6,8-9,11,15,18-19,24,26H,4,7,10,12-14,16-17H2,1-2H3/b5-3-,20-6-. The van der Waals surface area contributed by atoms with Crippen LogP contribution in [0.25, 0.3) is 5.57 Å². The van der Waals surface area contributed by atoms with Crippen LogP contribution in [0.5, 0.6) is 0 Å². The summed E-state index contributed by atoms with van der Waals surface area (Å²) in [5, 5.41) is 4.28. The summed E-state index contributed by atoms with van der Waals surface area (Å²) in [5.74, 6) is 0. The molecule has 29 heavy (non-hydrogen) atoms. The molecular weight excluding hydrogens is 380 g/mol. The van der Waals surface area contributed by atoms with Crippen molar-refractivity contribution in [3.05, 3.63) is 71.3 Å². The third-order valence-corrected chi connectivity index (χ3v) is 5.79. The van der Waals surface area contributed by atoms with Crippen molar-refractivity contribution in [2.45, 2.75) is 45.7 Å². The number of hydrogen-bond donors (Lipinski definition) is 1. The van der Waals surface area contributed by atoms with Crippen LogP contribution in [0.1, 0.15) is 50.3 Å². The van der Waals surface area contributed by atoms with Crippen LogP contribution in [0.3, 0.4) is 0 Å². The van der Waals surface area contributed by atoms with Gasteiger partial charge >= 0.3 is 0 Å². The molecule has 4 nitrogen and oxygen atoms in total. The minimum atomic E-state index is 0.370. The highest BCUT2D eigenvalue weighted by molar-refractivity contribution is 6.30. The molecule has 0 radical (unpaired) electrons. The summed E-state index contributed by atoms with van der Waals surface area (Å²) in [5.41, 5.74) is 4.06. The molecule has 1 atom stereocenters. The summed E-state index contributed by atoms with van der Waals surface area (Å²) in [7, 11) is 0. The summed E-state index contributed by atoms with van der Waals surface area (Å²) >= 11 is 6.48. The molecule has 0 aliphatic carbocycles. The zero-order chi connectivity index (χ0) is 20.5. The molecule has 156 valence electrons. The fraction of sp³-hybridized carbons (Fsp3) is 0.458. The van der Waals surface area contributed by atoms with Gasteiger partial charge in [0.2, 0.25) is 0 Å². The molecule has 0 bridgehead atoms. The predicted octanol–water partition coefficient (Wildman–Crippen LogP) is 5.33. The van der Waals surface area contributed by atoms with Gasteiger partial charge in [0.05, 0.1) is 6.33 Å². The van der Waals surface area contributed by atoms with Gasteiger partial charge in [-0.25, -0.2) is 4.98 Å². The third kappa shape index (κ3) is 6.05. The molecule has 1 saturated heterocycles. The Labute approximate surface area is 180 Å². The van der Waals surface area contributed by atoms with Crippen molar-refractivity contribution in [3.63, 3.8) is 0 Å². The Bertz CT molecular complexity index is 804. The molecule has 1 aromatic carbocycles. The Morgan fingerprint density at radius 2 is 2.14 bits per heavy atom. The van der Waals surface area contributed by atoms with E-state index in [2.05, 4.69) is 64.0 Å². The molecule has 0 amide bonds. The number of nitrogens with one attached hydrogen (secondary N) is 1. The quantitative estimate of drug-likeness (QED) is 0.565. The molecule has 3 rings (SSSR count). The van der Waals surface area contributed by atoms with Gasteiger partial charge in [-0.1, -0.05) is 42.8 Å². The number of imidazole rings is 1. The van der Waals surface area contributed by atoms with Crippen LogP contribution in [0, 0.1) is 0 Å². The lowest BCUT2D eigenvalue weighted by Crippen LogP contribution is -2.45. The minimum Gasteiger partial charge on any atom is -0.337 e. The van der Waals surface area contributed by atoms with E-state index in [4.69, 9.17) is 11.6 Å². The van der Waals surface area contributed by atoms with Gasteiger partial charge in [-0.15, -0.1) is 0 Å². The zero-order valence-corrected chi connectivity index (χ0v) is 18.4. The Hall–Kier alpha value is -1.88. The number of nitrogens with zero attached hydrogens (tertiary/aromatic N) is 3. The van der Waals surface area contributed by atoms with Crippen LogP contribution in [0.2, 0.25) is 5.02 Å². The highest BCUT2D eigenvalue weighted by Crippen LogP contribution is 2.35. The Morgan fingerprint density at radius 3 is 2.83 bits per heavy atom. The van der Waals surface area contributed by atoms with E-state index in [9.17, 15) is 0 Å². The Kier molecular flexibility index (Phi) is 8.53. The van der Waals surface area contributed by atoms with E-state index in [0.29, 0.717) is 6.04 Å². The smallest absolute Gasteiger partial charge is 0.0946 e. The highest BCUT2D eigenvalue weighted by atomic mass is 35.5. The lowest BCUT2D eigenvalue weighted by Gasteiger charge is -2.36. The van der Waals surface area contributed by atoms with E-state index in [-0.39, 0.29) is 0 Å². The number of rotatable bonds is 9. The Morgan fingerprint density at radius 1 is 1.31 bits per heavy atom. The number of benzene rings is 1. The van der Waals surface area contributed by atoms with Crippen LogP contribution in [0.15, 0.2) is 55.1 Å². The van der Waals surface area contributed by atoms with Crippen LogP contribution in [-0.4, -0.2) is 40.6 Å².